The quantitative estimate of drug-likeness (QED) is 0.919. The van der Waals surface area contributed by atoms with E-state index in [1.165, 1.54) is 5.56 Å². The van der Waals surface area contributed by atoms with Gasteiger partial charge in [-0.2, -0.15) is 0 Å². The molecule has 2 aliphatic rings. The Morgan fingerprint density at radius 1 is 1.32 bits per heavy atom. The largest absolute Gasteiger partial charge is 0.340 e. The van der Waals surface area contributed by atoms with Gasteiger partial charge >= 0.3 is 0 Å². The van der Waals surface area contributed by atoms with Crippen LogP contribution in [-0.2, 0) is 11.3 Å². The second kappa shape index (κ2) is 6.99. The van der Waals surface area contributed by atoms with E-state index in [9.17, 15) is 4.79 Å². The van der Waals surface area contributed by atoms with Gasteiger partial charge in [0.1, 0.15) is 0 Å². The average molecular weight is 322 g/mol. The maximum atomic E-state index is 12.5. The number of hydrogen-bond donors (Lipinski definition) is 1. The highest BCUT2D eigenvalue weighted by atomic mass is 35.5. The summed E-state index contributed by atoms with van der Waals surface area (Å²) in [5, 5.41) is 4.04. The highest BCUT2D eigenvalue weighted by Crippen LogP contribution is 2.20. The lowest BCUT2D eigenvalue weighted by Crippen LogP contribution is -2.54. The molecule has 0 aromatic heterocycles. The zero-order chi connectivity index (χ0) is 15.5. The number of rotatable bonds is 4. The first-order valence-electron chi connectivity index (χ1n) is 8.10. The van der Waals surface area contributed by atoms with E-state index in [1.54, 1.807) is 0 Å². The number of halogens is 1. The van der Waals surface area contributed by atoms with Crippen LogP contribution in [0.4, 0.5) is 0 Å². The van der Waals surface area contributed by atoms with Crippen molar-refractivity contribution in [3.05, 3.63) is 34.9 Å². The van der Waals surface area contributed by atoms with Crippen LogP contribution in [0.15, 0.2) is 24.3 Å². The normalized spacial score (nSPS) is 21.5. The predicted molar refractivity (Wildman–Crippen MR) is 88.8 cm³/mol. The topological polar surface area (TPSA) is 35.6 Å². The van der Waals surface area contributed by atoms with Gasteiger partial charge in [0, 0.05) is 43.7 Å². The standard InChI is InChI=1S/C17H24ClN3O/c1-13(15-10-19-11-15)17(22)21-7-5-20(6-8-21)12-14-3-2-4-16(18)9-14/h2-4,9,13,15,19H,5-8,10-12H2,1H3. The highest BCUT2D eigenvalue weighted by molar-refractivity contribution is 6.30. The molecule has 120 valence electrons. The second-order valence-corrected chi connectivity index (χ2v) is 6.87. The van der Waals surface area contributed by atoms with Crippen molar-refractivity contribution in [2.45, 2.75) is 13.5 Å². The molecule has 2 saturated heterocycles. The van der Waals surface area contributed by atoms with Gasteiger partial charge in [-0.25, -0.2) is 0 Å². The van der Waals surface area contributed by atoms with Gasteiger partial charge in [0.2, 0.25) is 5.91 Å². The summed E-state index contributed by atoms with van der Waals surface area (Å²) in [6.07, 6.45) is 0. The first kappa shape index (κ1) is 15.8. The minimum absolute atomic E-state index is 0.153. The Balaban J connectivity index is 1.48. The van der Waals surface area contributed by atoms with Crippen molar-refractivity contribution >= 4 is 17.5 Å². The van der Waals surface area contributed by atoms with Crippen molar-refractivity contribution in [2.24, 2.45) is 11.8 Å². The maximum absolute atomic E-state index is 12.5. The van der Waals surface area contributed by atoms with Gasteiger partial charge in [-0.1, -0.05) is 30.7 Å². The molecule has 1 atom stereocenters. The van der Waals surface area contributed by atoms with Crippen molar-refractivity contribution in [3.8, 4) is 0 Å². The highest BCUT2D eigenvalue weighted by Gasteiger charge is 2.32. The zero-order valence-corrected chi connectivity index (χ0v) is 13.9. The van der Waals surface area contributed by atoms with E-state index in [-0.39, 0.29) is 5.92 Å². The van der Waals surface area contributed by atoms with Crippen LogP contribution in [0.5, 0.6) is 0 Å². The van der Waals surface area contributed by atoms with Crippen LogP contribution < -0.4 is 5.32 Å². The third-order valence-corrected chi connectivity index (χ3v) is 5.12. The van der Waals surface area contributed by atoms with Crippen molar-refractivity contribution in [2.75, 3.05) is 39.3 Å². The Kier molecular flexibility index (Phi) is 5.01. The van der Waals surface area contributed by atoms with E-state index in [4.69, 9.17) is 11.6 Å². The van der Waals surface area contributed by atoms with Crippen molar-refractivity contribution in [3.63, 3.8) is 0 Å². The fourth-order valence-electron chi connectivity index (χ4n) is 3.17. The van der Waals surface area contributed by atoms with E-state index in [0.29, 0.717) is 11.8 Å². The molecule has 0 saturated carbocycles. The number of benzene rings is 1. The molecule has 1 N–H and O–H groups in total. The fourth-order valence-corrected chi connectivity index (χ4v) is 3.39. The molecule has 2 aliphatic heterocycles. The lowest BCUT2D eigenvalue weighted by molar-refractivity contribution is -0.139. The molecule has 0 aliphatic carbocycles. The van der Waals surface area contributed by atoms with Crippen molar-refractivity contribution in [1.29, 1.82) is 0 Å². The SMILES string of the molecule is CC(C(=O)N1CCN(Cc2cccc(Cl)c2)CC1)C1CNC1. The lowest BCUT2D eigenvalue weighted by atomic mass is 9.88. The fraction of sp³-hybridized carbons (Fsp3) is 0.588. The molecular weight excluding hydrogens is 298 g/mol. The van der Waals surface area contributed by atoms with Gasteiger partial charge < -0.3 is 10.2 Å². The summed E-state index contributed by atoms with van der Waals surface area (Å²) in [5.74, 6) is 1.01. The van der Waals surface area contributed by atoms with Crippen molar-refractivity contribution in [1.82, 2.24) is 15.1 Å². The van der Waals surface area contributed by atoms with Gasteiger partial charge in [-0.3, -0.25) is 9.69 Å². The van der Waals surface area contributed by atoms with E-state index in [1.807, 2.05) is 23.1 Å². The molecule has 5 heteroatoms. The summed E-state index contributed by atoms with van der Waals surface area (Å²) in [7, 11) is 0. The Labute approximate surface area is 137 Å². The Hall–Kier alpha value is -1.10. The number of nitrogens with one attached hydrogen (secondary N) is 1. The zero-order valence-electron chi connectivity index (χ0n) is 13.1. The third-order valence-electron chi connectivity index (χ3n) is 4.89. The molecular formula is C17H24ClN3O. The molecule has 1 aromatic rings. The van der Waals surface area contributed by atoms with E-state index < -0.39 is 0 Å². The predicted octanol–water partition coefficient (Wildman–Crippen LogP) is 1.84. The summed E-state index contributed by atoms with van der Waals surface area (Å²) in [4.78, 5) is 16.9. The smallest absolute Gasteiger partial charge is 0.225 e. The molecule has 1 unspecified atom stereocenters. The lowest BCUT2D eigenvalue weighted by Gasteiger charge is -2.39. The van der Waals surface area contributed by atoms with Crippen molar-refractivity contribution < 1.29 is 4.79 Å². The molecule has 2 heterocycles. The van der Waals surface area contributed by atoms with Crippen LogP contribution in [0.3, 0.4) is 0 Å². The van der Waals surface area contributed by atoms with Crippen LogP contribution in [0.2, 0.25) is 5.02 Å². The molecule has 0 radical (unpaired) electrons. The maximum Gasteiger partial charge on any atom is 0.225 e. The van der Waals surface area contributed by atoms with E-state index in [2.05, 4.69) is 23.2 Å². The van der Waals surface area contributed by atoms with Crippen LogP contribution in [-0.4, -0.2) is 55.0 Å². The Bertz CT molecular complexity index is 524. The number of carbonyl (C=O) groups excluding carboxylic acids is 1. The van der Waals surface area contributed by atoms with Gasteiger partial charge in [0.25, 0.3) is 0 Å². The average Bonchev–Trinajstić information content (AvgIpc) is 2.45. The van der Waals surface area contributed by atoms with E-state index >= 15 is 0 Å². The van der Waals surface area contributed by atoms with Crippen LogP contribution in [0.25, 0.3) is 0 Å². The van der Waals surface area contributed by atoms with Gasteiger partial charge in [0.05, 0.1) is 0 Å². The summed E-state index contributed by atoms with van der Waals surface area (Å²) in [5.41, 5.74) is 1.24. The second-order valence-electron chi connectivity index (χ2n) is 6.44. The molecule has 3 rings (SSSR count). The van der Waals surface area contributed by atoms with Crippen LogP contribution in [0, 0.1) is 11.8 Å². The summed E-state index contributed by atoms with van der Waals surface area (Å²) in [6.45, 7) is 8.51. The monoisotopic (exact) mass is 321 g/mol. The molecule has 0 spiro atoms. The number of carbonyl (C=O) groups is 1. The van der Waals surface area contributed by atoms with Gasteiger partial charge in [-0.15, -0.1) is 0 Å². The molecule has 22 heavy (non-hydrogen) atoms. The Morgan fingerprint density at radius 3 is 2.64 bits per heavy atom. The van der Waals surface area contributed by atoms with E-state index in [0.717, 1.165) is 50.8 Å². The molecule has 0 bridgehead atoms. The number of nitrogens with zero attached hydrogens (tertiary/aromatic N) is 2. The summed E-state index contributed by atoms with van der Waals surface area (Å²) in [6, 6.07) is 8.02. The summed E-state index contributed by atoms with van der Waals surface area (Å²) >= 11 is 6.03. The molecule has 1 aromatic carbocycles. The van der Waals surface area contributed by atoms with Crippen LogP contribution in [0.1, 0.15) is 12.5 Å². The third kappa shape index (κ3) is 3.62. The van der Waals surface area contributed by atoms with Gasteiger partial charge in [0.15, 0.2) is 0 Å². The Morgan fingerprint density at radius 2 is 2.05 bits per heavy atom. The van der Waals surface area contributed by atoms with Gasteiger partial charge in [-0.05, 0) is 36.7 Å². The minimum atomic E-state index is 0.153. The van der Waals surface area contributed by atoms with Crippen LogP contribution >= 0.6 is 11.6 Å². The number of amides is 1. The first-order valence-corrected chi connectivity index (χ1v) is 8.47. The molecule has 4 nitrogen and oxygen atoms in total. The number of piperazine rings is 1. The minimum Gasteiger partial charge on any atom is -0.340 e. The summed E-state index contributed by atoms with van der Waals surface area (Å²) < 4.78 is 0. The number of hydrogen-bond acceptors (Lipinski definition) is 3. The molecule has 2 fully saturated rings. The first-order chi connectivity index (χ1) is 10.6. The molecule has 1 amide bonds.